The molecule has 0 bridgehead atoms. The summed E-state index contributed by atoms with van der Waals surface area (Å²) < 4.78 is 20.1. The molecule has 0 N–H and O–H groups in total. The molecule has 2 saturated heterocycles. The van der Waals surface area contributed by atoms with Crippen LogP contribution in [-0.2, 0) is 17.8 Å². The number of carbonyl (C=O) groups excluding carboxylic acids is 1. The minimum Gasteiger partial charge on any atom is -0.462 e. The molecule has 0 spiro atoms. The van der Waals surface area contributed by atoms with E-state index in [4.69, 9.17) is 21.3 Å². The molecule has 0 radical (unpaired) electrons. The fraction of sp³-hybridized carbons (Fsp3) is 0.533. The number of piperazine rings is 1. The molecule has 1 aromatic carbocycles. The molecular weight excluding hydrogens is 509 g/mol. The lowest BCUT2D eigenvalue weighted by Crippen LogP contribution is -2.56. The zero-order chi connectivity index (χ0) is 28.4. The van der Waals surface area contributed by atoms with Gasteiger partial charge in [-0.25, -0.2) is 11.0 Å². The van der Waals surface area contributed by atoms with Gasteiger partial charge < -0.3 is 24.3 Å². The summed E-state index contributed by atoms with van der Waals surface area (Å²) in [5, 5.41) is 0. The van der Waals surface area contributed by atoms with Gasteiger partial charge in [-0.2, -0.15) is 9.97 Å². The van der Waals surface area contributed by atoms with E-state index in [0.29, 0.717) is 51.8 Å². The van der Waals surface area contributed by atoms with E-state index in [1.807, 2.05) is 11.9 Å². The van der Waals surface area contributed by atoms with Gasteiger partial charge >= 0.3 is 6.01 Å². The Morgan fingerprint density at radius 2 is 2.02 bits per heavy atom. The van der Waals surface area contributed by atoms with Crippen molar-refractivity contribution >= 4 is 17.4 Å². The van der Waals surface area contributed by atoms with Crippen LogP contribution in [0.3, 0.4) is 0 Å². The van der Waals surface area contributed by atoms with Crippen molar-refractivity contribution in [1.82, 2.24) is 19.8 Å². The highest BCUT2D eigenvalue weighted by atomic mass is 19.1. The highest BCUT2D eigenvalue weighted by Crippen LogP contribution is 2.34. The summed E-state index contributed by atoms with van der Waals surface area (Å²) in [6, 6.07) is 6.38. The van der Waals surface area contributed by atoms with Crippen molar-refractivity contribution in [2.75, 3.05) is 62.7 Å². The first-order valence-corrected chi connectivity index (χ1v) is 14.0. The Labute approximate surface area is 236 Å². The fourth-order valence-corrected chi connectivity index (χ4v) is 6.09. The van der Waals surface area contributed by atoms with E-state index in [1.54, 1.807) is 4.90 Å². The average Bonchev–Trinajstić information content (AvgIpc) is 3.28. The Morgan fingerprint density at radius 3 is 2.75 bits per heavy atom. The van der Waals surface area contributed by atoms with E-state index < -0.39 is 6.17 Å². The zero-order valence-corrected chi connectivity index (χ0v) is 23.6. The molecule has 40 heavy (non-hydrogen) atoms. The second kappa shape index (κ2) is 11.8. The van der Waals surface area contributed by atoms with Gasteiger partial charge in [-0.3, -0.25) is 9.69 Å². The number of ether oxygens (including phenoxy) is 1. The van der Waals surface area contributed by atoms with Crippen molar-refractivity contribution < 1.29 is 13.9 Å². The summed E-state index contributed by atoms with van der Waals surface area (Å²) in [5.41, 5.74) is 5.71. The van der Waals surface area contributed by atoms with Crippen molar-refractivity contribution in [2.24, 2.45) is 0 Å². The van der Waals surface area contributed by atoms with Gasteiger partial charge in [-0.1, -0.05) is 18.7 Å². The molecule has 1 aromatic heterocycles. The first-order chi connectivity index (χ1) is 19.3. The molecule has 9 nitrogen and oxygen atoms in total. The average molecular weight is 548 g/mol. The molecule has 3 atom stereocenters. The maximum atomic E-state index is 14.0. The number of alkyl halides is 1. The predicted molar refractivity (Wildman–Crippen MR) is 154 cm³/mol. The van der Waals surface area contributed by atoms with Crippen molar-refractivity contribution in [3.05, 3.63) is 64.7 Å². The van der Waals surface area contributed by atoms with Crippen LogP contribution in [0.5, 0.6) is 6.01 Å². The minimum absolute atomic E-state index is 0.0268. The molecule has 2 fully saturated rings. The summed E-state index contributed by atoms with van der Waals surface area (Å²) >= 11 is 0. The molecule has 10 heteroatoms. The standard InChI is InChI=1S/C30H38FN7O2/c1-6-28(39)38-13-12-37(17-24(38)15-32-4)29-25-10-11-36(27-9-7-8-20(2)21(27)3)18-26(25)33-30(34-29)40-19-23-14-22(31)16-35(23)5/h6-9,22-24H,1,10-19H2,2-3,5H3/t22-,23+,24+/m1/s1. The summed E-state index contributed by atoms with van der Waals surface area (Å²) in [4.78, 5) is 34.1. The number of nitrogens with zero attached hydrogens (tertiary/aromatic N) is 7. The Balaban J connectivity index is 1.46. The summed E-state index contributed by atoms with van der Waals surface area (Å²) in [7, 11) is 1.91. The topological polar surface area (TPSA) is 69.4 Å². The molecule has 0 aliphatic carbocycles. The van der Waals surface area contributed by atoms with Crippen LogP contribution in [0.4, 0.5) is 15.9 Å². The lowest BCUT2D eigenvalue weighted by atomic mass is 10.0. The number of fused-ring (bicyclic) bond motifs is 1. The highest BCUT2D eigenvalue weighted by molar-refractivity contribution is 5.87. The maximum absolute atomic E-state index is 14.0. The lowest BCUT2D eigenvalue weighted by molar-refractivity contribution is -0.128. The third kappa shape index (κ3) is 5.61. The number of benzene rings is 1. The van der Waals surface area contributed by atoms with Crippen LogP contribution in [0.15, 0.2) is 30.9 Å². The Bertz CT molecular complexity index is 1310. The van der Waals surface area contributed by atoms with Crippen molar-refractivity contribution in [2.45, 2.75) is 51.5 Å². The Kier molecular flexibility index (Phi) is 8.22. The smallest absolute Gasteiger partial charge is 0.318 e. The summed E-state index contributed by atoms with van der Waals surface area (Å²) in [6.07, 6.45) is 1.67. The van der Waals surface area contributed by atoms with Crippen LogP contribution in [0.25, 0.3) is 4.85 Å². The van der Waals surface area contributed by atoms with Gasteiger partial charge in [0.2, 0.25) is 12.5 Å². The Morgan fingerprint density at radius 1 is 1.20 bits per heavy atom. The predicted octanol–water partition coefficient (Wildman–Crippen LogP) is 3.20. The second-order valence-corrected chi connectivity index (χ2v) is 11.1. The number of halogens is 1. The van der Waals surface area contributed by atoms with Gasteiger partial charge in [-0.15, -0.1) is 0 Å². The van der Waals surface area contributed by atoms with Crippen LogP contribution in [0, 0.1) is 20.4 Å². The van der Waals surface area contributed by atoms with Crippen LogP contribution in [0.1, 0.15) is 28.8 Å². The molecule has 3 aliphatic heterocycles. The number of hydrogen-bond acceptors (Lipinski definition) is 7. The number of likely N-dealkylation sites (tertiary alicyclic amines) is 1. The SMILES string of the molecule is [C-]#[N+]C[C@H]1CN(c2nc(OC[C@@H]3C[C@@H](F)CN3C)nc3c2CCN(c2cccc(C)c2C)C3)CCN1C(=O)C=C. The monoisotopic (exact) mass is 547 g/mol. The number of rotatable bonds is 7. The lowest BCUT2D eigenvalue weighted by Gasteiger charge is -2.41. The fourth-order valence-electron chi connectivity index (χ4n) is 6.09. The first-order valence-electron chi connectivity index (χ1n) is 14.0. The quantitative estimate of drug-likeness (QED) is 0.390. The molecule has 0 saturated carbocycles. The van der Waals surface area contributed by atoms with E-state index in [2.05, 4.69) is 53.3 Å². The van der Waals surface area contributed by atoms with Crippen molar-refractivity contribution in [3.8, 4) is 6.01 Å². The van der Waals surface area contributed by atoms with Crippen LogP contribution >= 0.6 is 0 Å². The van der Waals surface area contributed by atoms with Gasteiger partial charge in [0.1, 0.15) is 24.6 Å². The normalized spacial score (nSPS) is 23.1. The highest BCUT2D eigenvalue weighted by Gasteiger charge is 2.35. The van der Waals surface area contributed by atoms with Crippen molar-refractivity contribution in [3.63, 3.8) is 0 Å². The van der Waals surface area contributed by atoms with Gasteiger partial charge in [0.05, 0.1) is 12.2 Å². The van der Waals surface area contributed by atoms with Gasteiger partial charge in [0.15, 0.2) is 0 Å². The molecule has 4 heterocycles. The van der Waals surface area contributed by atoms with E-state index in [9.17, 15) is 9.18 Å². The number of hydrogen-bond donors (Lipinski definition) is 0. The maximum Gasteiger partial charge on any atom is 0.318 e. The third-order valence-corrected chi connectivity index (χ3v) is 8.52. The first kappa shape index (κ1) is 27.8. The van der Waals surface area contributed by atoms with E-state index >= 15 is 0 Å². The Hall–Kier alpha value is -3.71. The van der Waals surface area contributed by atoms with Crippen LogP contribution < -0.4 is 14.5 Å². The van der Waals surface area contributed by atoms with Crippen LogP contribution in [0.2, 0.25) is 0 Å². The van der Waals surface area contributed by atoms with Gasteiger partial charge in [-0.05, 0) is 57.0 Å². The number of anilines is 2. The molecule has 1 amide bonds. The van der Waals surface area contributed by atoms with E-state index in [-0.39, 0.29) is 24.5 Å². The van der Waals surface area contributed by atoms with E-state index in [1.165, 1.54) is 22.9 Å². The third-order valence-electron chi connectivity index (χ3n) is 8.52. The molecule has 212 valence electrons. The van der Waals surface area contributed by atoms with Gasteiger partial charge in [0.25, 0.3) is 0 Å². The zero-order valence-electron chi connectivity index (χ0n) is 23.6. The number of carbonyl (C=O) groups is 1. The van der Waals surface area contributed by atoms with Gasteiger partial charge in [0, 0.05) is 50.0 Å². The summed E-state index contributed by atoms with van der Waals surface area (Å²) in [5.74, 6) is 0.655. The summed E-state index contributed by atoms with van der Waals surface area (Å²) in [6.45, 7) is 19.3. The van der Waals surface area contributed by atoms with Crippen LogP contribution in [-0.4, -0.2) is 96.9 Å². The largest absolute Gasteiger partial charge is 0.462 e. The molecule has 2 aromatic rings. The number of amides is 1. The van der Waals surface area contributed by atoms with E-state index in [0.717, 1.165) is 30.0 Å². The minimum atomic E-state index is -0.848. The molecule has 0 unspecified atom stereocenters. The second-order valence-electron chi connectivity index (χ2n) is 11.1. The molecule has 5 rings (SSSR count). The van der Waals surface area contributed by atoms with Crippen molar-refractivity contribution in [1.29, 1.82) is 0 Å². The molecular formula is C30H38FN7O2. The number of aryl methyl sites for hydroxylation is 1. The number of aromatic nitrogens is 2. The number of likely N-dealkylation sites (N-methyl/N-ethyl adjacent to an activating group) is 1. The molecule has 3 aliphatic rings.